The third-order valence-electron chi connectivity index (χ3n) is 3.76. The fourth-order valence-corrected chi connectivity index (χ4v) is 4.27. The van der Waals surface area contributed by atoms with Gasteiger partial charge < -0.3 is 0 Å². The van der Waals surface area contributed by atoms with Gasteiger partial charge in [-0.1, -0.05) is 25.5 Å². The maximum absolute atomic E-state index is 12.7. The number of sulfonamides is 1. The van der Waals surface area contributed by atoms with E-state index in [1.54, 1.807) is 30.3 Å². The quantitative estimate of drug-likeness (QED) is 0.803. The summed E-state index contributed by atoms with van der Waals surface area (Å²) >= 11 is 0. The van der Waals surface area contributed by atoms with Crippen molar-refractivity contribution >= 4 is 15.8 Å². The average Bonchev–Trinajstić information content (AvgIpc) is 2.47. The van der Waals surface area contributed by atoms with Gasteiger partial charge in [0.05, 0.1) is 4.90 Å². The van der Waals surface area contributed by atoms with Crippen molar-refractivity contribution in [3.8, 4) is 0 Å². The SMILES string of the molecule is CCC(=O)c1ccc(C)c(S(=O)(=O)N2CCCCC2)c1. The lowest BCUT2D eigenvalue weighted by Gasteiger charge is -2.26. The smallest absolute Gasteiger partial charge is 0.243 e. The lowest BCUT2D eigenvalue weighted by Crippen LogP contribution is -2.36. The van der Waals surface area contributed by atoms with Crippen LogP contribution in [0.2, 0.25) is 0 Å². The summed E-state index contributed by atoms with van der Waals surface area (Å²) < 4.78 is 26.9. The average molecular weight is 295 g/mol. The second-order valence-electron chi connectivity index (χ2n) is 5.22. The van der Waals surface area contributed by atoms with Gasteiger partial charge in [0.1, 0.15) is 0 Å². The standard InChI is InChI=1S/C15H21NO3S/c1-3-14(17)13-8-7-12(2)15(11-13)20(18,19)16-9-5-4-6-10-16/h7-8,11H,3-6,9-10H2,1-2H3. The minimum atomic E-state index is -3.48. The summed E-state index contributed by atoms with van der Waals surface area (Å²) in [7, 11) is -3.48. The van der Waals surface area contributed by atoms with Crippen LogP contribution in [0.3, 0.4) is 0 Å². The van der Waals surface area contributed by atoms with Crippen molar-refractivity contribution < 1.29 is 13.2 Å². The largest absolute Gasteiger partial charge is 0.294 e. The minimum absolute atomic E-state index is 0.0277. The third-order valence-corrected chi connectivity index (χ3v) is 5.80. The molecule has 1 heterocycles. The summed E-state index contributed by atoms with van der Waals surface area (Å²) in [6.45, 7) is 4.71. The van der Waals surface area contributed by atoms with Crippen LogP contribution >= 0.6 is 0 Å². The van der Waals surface area contributed by atoms with Gasteiger partial charge in [-0.15, -0.1) is 0 Å². The molecular formula is C15H21NO3S. The van der Waals surface area contributed by atoms with E-state index in [0.29, 0.717) is 30.6 Å². The molecule has 20 heavy (non-hydrogen) atoms. The van der Waals surface area contributed by atoms with Gasteiger partial charge in [0, 0.05) is 25.1 Å². The van der Waals surface area contributed by atoms with Crippen molar-refractivity contribution in [2.45, 2.75) is 44.4 Å². The number of carbonyl (C=O) groups excluding carboxylic acids is 1. The Bertz CT molecular complexity index is 602. The van der Waals surface area contributed by atoms with Crippen LogP contribution in [0.5, 0.6) is 0 Å². The first kappa shape index (κ1) is 15.2. The van der Waals surface area contributed by atoms with Gasteiger partial charge in [0.25, 0.3) is 0 Å². The zero-order valence-electron chi connectivity index (χ0n) is 12.1. The van der Waals surface area contributed by atoms with E-state index in [4.69, 9.17) is 0 Å². The molecule has 0 saturated carbocycles. The molecule has 1 aromatic rings. The van der Waals surface area contributed by atoms with Gasteiger partial charge in [-0.3, -0.25) is 4.79 Å². The van der Waals surface area contributed by atoms with Gasteiger partial charge in [0.2, 0.25) is 10.0 Å². The third kappa shape index (κ3) is 2.94. The summed E-state index contributed by atoms with van der Waals surface area (Å²) in [5.74, 6) is -0.0277. The van der Waals surface area contributed by atoms with Gasteiger partial charge in [-0.05, 0) is 31.4 Å². The Balaban J connectivity index is 2.42. The van der Waals surface area contributed by atoms with Crippen molar-refractivity contribution in [1.29, 1.82) is 0 Å². The van der Waals surface area contributed by atoms with Crippen molar-refractivity contribution in [1.82, 2.24) is 4.31 Å². The maximum atomic E-state index is 12.7. The van der Waals surface area contributed by atoms with Crippen LogP contribution in [0.1, 0.15) is 48.5 Å². The zero-order valence-corrected chi connectivity index (χ0v) is 12.9. The highest BCUT2D eigenvalue weighted by molar-refractivity contribution is 7.89. The fraction of sp³-hybridized carbons (Fsp3) is 0.533. The summed E-state index contributed by atoms with van der Waals surface area (Å²) in [6.07, 6.45) is 3.28. The van der Waals surface area contributed by atoms with Crippen LogP contribution in [0, 0.1) is 6.92 Å². The molecule has 0 bridgehead atoms. The molecule has 1 aliphatic heterocycles. The van der Waals surface area contributed by atoms with Crippen LogP contribution in [0.4, 0.5) is 0 Å². The molecule has 0 radical (unpaired) electrons. The summed E-state index contributed by atoms with van der Waals surface area (Å²) in [6, 6.07) is 4.96. The Kier molecular flexibility index (Phi) is 4.60. The Morgan fingerprint density at radius 2 is 1.85 bits per heavy atom. The number of hydrogen-bond acceptors (Lipinski definition) is 3. The molecule has 1 saturated heterocycles. The zero-order chi connectivity index (χ0) is 14.8. The normalized spacial score (nSPS) is 17.1. The summed E-state index contributed by atoms with van der Waals surface area (Å²) in [4.78, 5) is 12.0. The Labute approximate surface area is 120 Å². The van der Waals surface area contributed by atoms with Gasteiger partial charge >= 0.3 is 0 Å². The number of carbonyl (C=O) groups is 1. The number of benzene rings is 1. The van der Waals surface area contributed by atoms with Crippen molar-refractivity contribution in [3.05, 3.63) is 29.3 Å². The molecule has 0 N–H and O–H groups in total. The first-order valence-electron chi connectivity index (χ1n) is 7.11. The molecule has 4 nitrogen and oxygen atoms in total. The van der Waals surface area contributed by atoms with Crippen LogP contribution in [0.15, 0.2) is 23.1 Å². The van der Waals surface area contributed by atoms with Gasteiger partial charge in [-0.25, -0.2) is 8.42 Å². The van der Waals surface area contributed by atoms with E-state index in [1.165, 1.54) is 6.07 Å². The molecule has 0 unspecified atom stereocenters. The monoisotopic (exact) mass is 295 g/mol. The van der Waals surface area contributed by atoms with Crippen molar-refractivity contribution in [3.63, 3.8) is 0 Å². The number of hydrogen-bond donors (Lipinski definition) is 0. The Hall–Kier alpha value is -1.20. The van der Waals surface area contributed by atoms with E-state index in [-0.39, 0.29) is 10.7 Å². The molecule has 1 aliphatic rings. The molecule has 1 fully saturated rings. The maximum Gasteiger partial charge on any atom is 0.243 e. The number of Topliss-reactive ketones (excluding diaryl/α,β-unsaturated/α-hetero) is 1. The van der Waals surface area contributed by atoms with E-state index in [0.717, 1.165) is 19.3 Å². The van der Waals surface area contributed by atoms with E-state index in [1.807, 2.05) is 0 Å². The molecule has 0 amide bonds. The first-order chi connectivity index (χ1) is 9.46. The number of ketones is 1. The molecule has 0 aliphatic carbocycles. The summed E-state index contributed by atoms with van der Waals surface area (Å²) in [5, 5.41) is 0. The van der Waals surface area contributed by atoms with E-state index in [9.17, 15) is 13.2 Å². The van der Waals surface area contributed by atoms with E-state index < -0.39 is 10.0 Å². The molecule has 5 heteroatoms. The van der Waals surface area contributed by atoms with Gasteiger partial charge in [-0.2, -0.15) is 4.31 Å². The van der Waals surface area contributed by atoms with Gasteiger partial charge in [0.15, 0.2) is 5.78 Å². The highest BCUT2D eigenvalue weighted by atomic mass is 32.2. The van der Waals surface area contributed by atoms with Crippen LogP contribution < -0.4 is 0 Å². The molecule has 0 aromatic heterocycles. The van der Waals surface area contributed by atoms with E-state index in [2.05, 4.69) is 0 Å². The number of nitrogens with zero attached hydrogens (tertiary/aromatic N) is 1. The number of piperidine rings is 1. The van der Waals surface area contributed by atoms with E-state index >= 15 is 0 Å². The molecule has 0 spiro atoms. The van der Waals surface area contributed by atoms with Crippen molar-refractivity contribution in [2.75, 3.05) is 13.1 Å². The van der Waals surface area contributed by atoms with Crippen LogP contribution in [-0.4, -0.2) is 31.6 Å². The second-order valence-corrected chi connectivity index (χ2v) is 7.13. The molecular weight excluding hydrogens is 274 g/mol. The lowest BCUT2D eigenvalue weighted by molar-refractivity contribution is 0.0988. The predicted molar refractivity (Wildman–Crippen MR) is 78.4 cm³/mol. The fourth-order valence-electron chi connectivity index (χ4n) is 2.50. The number of aryl methyl sites for hydroxylation is 1. The molecule has 0 atom stereocenters. The minimum Gasteiger partial charge on any atom is -0.294 e. The Morgan fingerprint density at radius 1 is 1.20 bits per heavy atom. The molecule has 1 aromatic carbocycles. The summed E-state index contributed by atoms with van der Waals surface area (Å²) in [5.41, 5.74) is 1.18. The Morgan fingerprint density at radius 3 is 2.45 bits per heavy atom. The lowest BCUT2D eigenvalue weighted by atomic mass is 10.1. The topological polar surface area (TPSA) is 54.5 Å². The number of rotatable bonds is 4. The highest BCUT2D eigenvalue weighted by Crippen LogP contribution is 2.24. The molecule has 110 valence electrons. The molecule has 2 rings (SSSR count). The predicted octanol–water partition coefficient (Wildman–Crippen LogP) is 2.76. The highest BCUT2D eigenvalue weighted by Gasteiger charge is 2.27. The van der Waals surface area contributed by atoms with Crippen molar-refractivity contribution in [2.24, 2.45) is 0 Å². The second kappa shape index (κ2) is 6.06. The van der Waals surface area contributed by atoms with Crippen LogP contribution in [0.25, 0.3) is 0 Å². The first-order valence-corrected chi connectivity index (χ1v) is 8.55. The van der Waals surface area contributed by atoms with Crippen LogP contribution in [-0.2, 0) is 10.0 Å².